The van der Waals surface area contributed by atoms with E-state index in [1.165, 1.54) is 12.3 Å². The number of carboxylic acids is 1. The molecule has 86 valence electrons. The Kier molecular flexibility index (Phi) is 4.26. The predicted molar refractivity (Wildman–Crippen MR) is 55.4 cm³/mol. The summed E-state index contributed by atoms with van der Waals surface area (Å²) in [5.41, 5.74) is -0.202. The zero-order valence-electron chi connectivity index (χ0n) is 8.77. The minimum atomic E-state index is -1.19. The Morgan fingerprint density at radius 1 is 1.56 bits per heavy atom. The minimum Gasteiger partial charge on any atom is -0.481 e. The van der Waals surface area contributed by atoms with E-state index in [2.05, 4.69) is 10.3 Å². The van der Waals surface area contributed by atoms with Crippen LogP contribution in [0.3, 0.4) is 0 Å². The second-order valence-electron chi connectivity index (χ2n) is 2.90. The first-order valence-electron chi connectivity index (χ1n) is 4.73. The molecular formula is C10H12N2O4. The van der Waals surface area contributed by atoms with Gasteiger partial charge in [0.15, 0.2) is 18.1 Å². The van der Waals surface area contributed by atoms with Crippen molar-refractivity contribution in [2.24, 2.45) is 0 Å². The van der Waals surface area contributed by atoms with Crippen LogP contribution in [0.4, 0.5) is 0 Å². The number of likely N-dealkylation sites (N-methyl/N-ethyl adjacent to an activating group) is 1. The summed E-state index contributed by atoms with van der Waals surface area (Å²) in [5, 5.41) is 11.3. The summed E-state index contributed by atoms with van der Waals surface area (Å²) < 4.78 is 5.06. The van der Waals surface area contributed by atoms with Crippen molar-refractivity contribution in [2.75, 3.05) is 13.2 Å². The van der Waals surface area contributed by atoms with Gasteiger partial charge in [-0.3, -0.25) is 4.79 Å². The van der Waals surface area contributed by atoms with Crippen molar-refractivity contribution in [3.05, 3.63) is 24.0 Å². The number of carbonyl (C=O) groups excluding carboxylic acids is 1. The van der Waals surface area contributed by atoms with Crippen LogP contribution in [-0.4, -0.2) is 35.1 Å². The van der Waals surface area contributed by atoms with Crippen molar-refractivity contribution in [2.45, 2.75) is 6.92 Å². The largest absolute Gasteiger partial charge is 0.481 e. The predicted octanol–water partition coefficient (Wildman–Crippen LogP) is 0.295. The van der Waals surface area contributed by atoms with Gasteiger partial charge in [-0.1, -0.05) is 0 Å². The second-order valence-corrected chi connectivity index (χ2v) is 2.90. The topological polar surface area (TPSA) is 88.5 Å². The van der Waals surface area contributed by atoms with Crippen LogP contribution < -0.4 is 10.1 Å². The molecule has 16 heavy (non-hydrogen) atoms. The molecule has 0 saturated carbocycles. The van der Waals surface area contributed by atoms with Gasteiger partial charge in [-0.15, -0.1) is 0 Å². The fourth-order valence-electron chi connectivity index (χ4n) is 1.06. The number of pyridine rings is 1. The lowest BCUT2D eigenvalue weighted by Crippen LogP contribution is -2.28. The van der Waals surface area contributed by atoms with Crippen molar-refractivity contribution in [3.8, 4) is 5.75 Å². The molecule has 0 aromatic carbocycles. The molecule has 0 fully saturated rings. The van der Waals surface area contributed by atoms with Crippen LogP contribution >= 0.6 is 0 Å². The van der Waals surface area contributed by atoms with Crippen LogP contribution in [0.15, 0.2) is 18.3 Å². The molecule has 0 atom stereocenters. The van der Waals surface area contributed by atoms with Crippen molar-refractivity contribution in [1.82, 2.24) is 10.3 Å². The zero-order valence-corrected chi connectivity index (χ0v) is 8.77. The van der Waals surface area contributed by atoms with Crippen molar-refractivity contribution < 1.29 is 19.4 Å². The van der Waals surface area contributed by atoms with Crippen LogP contribution in [0.25, 0.3) is 0 Å². The molecule has 0 aliphatic carbocycles. The molecule has 0 spiro atoms. The molecule has 2 N–H and O–H groups in total. The summed E-state index contributed by atoms with van der Waals surface area (Å²) >= 11 is 0. The van der Waals surface area contributed by atoms with Gasteiger partial charge < -0.3 is 15.2 Å². The lowest BCUT2D eigenvalue weighted by Gasteiger charge is -2.07. The van der Waals surface area contributed by atoms with Gasteiger partial charge in [0, 0.05) is 12.7 Å². The average molecular weight is 224 g/mol. The summed E-state index contributed by atoms with van der Waals surface area (Å²) in [6, 6.07) is 3.00. The number of amides is 1. The third kappa shape index (κ3) is 3.23. The van der Waals surface area contributed by atoms with Gasteiger partial charge in [-0.2, -0.15) is 0 Å². The van der Waals surface area contributed by atoms with Crippen LogP contribution in [-0.2, 0) is 4.79 Å². The smallest absolute Gasteiger partial charge is 0.358 e. The van der Waals surface area contributed by atoms with E-state index in [4.69, 9.17) is 9.84 Å². The number of hydrogen-bond donors (Lipinski definition) is 2. The zero-order chi connectivity index (χ0) is 12.0. The number of rotatable bonds is 5. The number of nitrogens with zero attached hydrogens (tertiary/aromatic N) is 1. The molecular weight excluding hydrogens is 212 g/mol. The van der Waals surface area contributed by atoms with Crippen LogP contribution in [0, 0.1) is 0 Å². The third-order valence-electron chi connectivity index (χ3n) is 1.71. The fourth-order valence-corrected chi connectivity index (χ4v) is 1.06. The molecule has 0 saturated heterocycles. The van der Waals surface area contributed by atoms with Gasteiger partial charge >= 0.3 is 5.97 Å². The first-order valence-corrected chi connectivity index (χ1v) is 4.73. The van der Waals surface area contributed by atoms with E-state index in [0.717, 1.165) is 0 Å². The molecule has 0 radical (unpaired) electrons. The average Bonchev–Trinajstić information content (AvgIpc) is 2.27. The summed E-state index contributed by atoms with van der Waals surface area (Å²) in [4.78, 5) is 25.5. The second kappa shape index (κ2) is 5.69. The Balaban J connectivity index is 2.66. The number of hydrogen-bond acceptors (Lipinski definition) is 4. The monoisotopic (exact) mass is 224 g/mol. The summed E-state index contributed by atoms with van der Waals surface area (Å²) in [5.74, 6) is -1.41. The third-order valence-corrected chi connectivity index (χ3v) is 1.71. The maximum absolute atomic E-state index is 11.1. The summed E-state index contributed by atoms with van der Waals surface area (Å²) in [6.45, 7) is 2.06. The number of aromatic nitrogens is 1. The molecule has 0 bridgehead atoms. The van der Waals surface area contributed by atoms with Crippen LogP contribution in [0.2, 0.25) is 0 Å². The van der Waals surface area contributed by atoms with Crippen molar-refractivity contribution in [3.63, 3.8) is 0 Å². The number of carbonyl (C=O) groups is 2. The van der Waals surface area contributed by atoms with Crippen LogP contribution in [0.5, 0.6) is 5.75 Å². The summed E-state index contributed by atoms with van der Waals surface area (Å²) in [6.07, 6.45) is 1.35. The molecule has 1 amide bonds. The maximum Gasteiger partial charge on any atom is 0.358 e. The number of nitrogens with one attached hydrogen (secondary N) is 1. The minimum absolute atomic E-state index is 0.0845. The Labute approximate surface area is 92.3 Å². The highest BCUT2D eigenvalue weighted by molar-refractivity contribution is 5.88. The Bertz CT molecular complexity index is 392. The lowest BCUT2D eigenvalue weighted by atomic mass is 10.3. The first kappa shape index (κ1) is 12.0. The van der Waals surface area contributed by atoms with E-state index in [-0.39, 0.29) is 24.0 Å². The van der Waals surface area contributed by atoms with Gasteiger partial charge in [-0.25, -0.2) is 9.78 Å². The van der Waals surface area contributed by atoms with E-state index in [1.54, 1.807) is 13.0 Å². The highest BCUT2D eigenvalue weighted by Gasteiger charge is 2.12. The Morgan fingerprint density at radius 3 is 2.94 bits per heavy atom. The molecule has 0 aliphatic heterocycles. The Morgan fingerprint density at radius 2 is 2.31 bits per heavy atom. The van der Waals surface area contributed by atoms with E-state index in [9.17, 15) is 9.59 Å². The standard InChI is InChI=1S/C10H12N2O4/c1-2-11-8(13)6-16-7-4-3-5-12-9(7)10(14)15/h3-5H,2,6H2,1H3,(H,11,13)(H,14,15). The van der Waals surface area contributed by atoms with Crippen molar-refractivity contribution >= 4 is 11.9 Å². The van der Waals surface area contributed by atoms with Gasteiger partial charge in [0.25, 0.3) is 5.91 Å². The molecule has 1 rings (SSSR count). The number of carboxylic acid groups (broad SMARTS) is 1. The quantitative estimate of drug-likeness (QED) is 0.750. The maximum atomic E-state index is 11.1. The molecule has 1 heterocycles. The van der Waals surface area contributed by atoms with Gasteiger partial charge in [0.2, 0.25) is 0 Å². The first-order chi connectivity index (χ1) is 7.65. The Hall–Kier alpha value is -2.11. The molecule has 0 unspecified atom stereocenters. The summed E-state index contributed by atoms with van der Waals surface area (Å²) in [7, 11) is 0. The molecule has 1 aromatic heterocycles. The van der Waals surface area contributed by atoms with E-state index < -0.39 is 5.97 Å². The van der Waals surface area contributed by atoms with Gasteiger partial charge in [-0.05, 0) is 19.1 Å². The van der Waals surface area contributed by atoms with E-state index in [1.807, 2.05) is 0 Å². The van der Waals surface area contributed by atoms with E-state index in [0.29, 0.717) is 6.54 Å². The van der Waals surface area contributed by atoms with Gasteiger partial charge in [0.1, 0.15) is 0 Å². The highest BCUT2D eigenvalue weighted by Crippen LogP contribution is 2.14. The van der Waals surface area contributed by atoms with Gasteiger partial charge in [0.05, 0.1) is 0 Å². The number of ether oxygens (including phenoxy) is 1. The highest BCUT2D eigenvalue weighted by atomic mass is 16.5. The SMILES string of the molecule is CCNC(=O)COc1cccnc1C(=O)O. The molecule has 6 heteroatoms. The lowest BCUT2D eigenvalue weighted by molar-refractivity contribution is -0.123. The van der Waals surface area contributed by atoms with Crippen LogP contribution in [0.1, 0.15) is 17.4 Å². The molecule has 1 aromatic rings. The normalized spacial score (nSPS) is 9.56. The molecule has 6 nitrogen and oxygen atoms in total. The molecule has 0 aliphatic rings. The van der Waals surface area contributed by atoms with Crippen molar-refractivity contribution in [1.29, 1.82) is 0 Å². The number of aromatic carboxylic acids is 1. The fraction of sp³-hybridized carbons (Fsp3) is 0.300. The van der Waals surface area contributed by atoms with E-state index >= 15 is 0 Å².